The number of hydrogen-bond donors (Lipinski definition) is 2. The third-order valence-electron chi connectivity index (χ3n) is 4.65. The number of carbonyl (C=O) groups excluding carboxylic acids is 1. The quantitative estimate of drug-likeness (QED) is 0.619. The second kappa shape index (κ2) is 8.20. The SMILES string of the molecule is COc1ncc(NC(=O)ON2CCN(c3nc(N)nc4scnc34)[C@@H](C)C2)c(C)n1. The van der Waals surface area contributed by atoms with Gasteiger partial charge in [-0.3, -0.25) is 5.32 Å². The molecule has 0 unspecified atom stereocenters. The van der Waals surface area contributed by atoms with E-state index in [4.69, 9.17) is 15.3 Å². The first kappa shape index (κ1) is 20.0. The smallest absolute Gasteiger partial charge is 0.430 e. The van der Waals surface area contributed by atoms with Gasteiger partial charge in [0.15, 0.2) is 10.6 Å². The molecule has 0 aliphatic carbocycles. The summed E-state index contributed by atoms with van der Waals surface area (Å²) in [6.07, 6.45) is 0.863. The summed E-state index contributed by atoms with van der Waals surface area (Å²) in [4.78, 5) is 41.7. The zero-order valence-electron chi connectivity index (χ0n) is 16.7. The maximum atomic E-state index is 12.3. The van der Waals surface area contributed by atoms with Crippen LogP contribution >= 0.6 is 11.3 Å². The highest BCUT2D eigenvalue weighted by Gasteiger charge is 2.29. The lowest BCUT2D eigenvalue weighted by molar-refractivity contribution is -0.103. The van der Waals surface area contributed by atoms with Gasteiger partial charge in [0.25, 0.3) is 0 Å². The fourth-order valence-corrected chi connectivity index (χ4v) is 3.86. The van der Waals surface area contributed by atoms with E-state index in [1.54, 1.807) is 17.5 Å². The third kappa shape index (κ3) is 4.02. The minimum Gasteiger partial charge on any atom is -0.467 e. The number of thiazole rings is 1. The summed E-state index contributed by atoms with van der Waals surface area (Å²) in [5.74, 6) is 0.908. The molecule has 12 nitrogen and oxygen atoms in total. The Morgan fingerprint density at radius 3 is 2.87 bits per heavy atom. The first-order valence-corrected chi connectivity index (χ1v) is 10.1. The molecule has 1 amide bonds. The zero-order chi connectivity index (χ0) is 21.3. The number of nitrogen functional groups attached to an aromatic ring is 1. The van der Waals surface area contributed by atoms with Crippen molar-refractivity contribution >= 4 is 45.2 Å². The van der Waals surface area contributed by atoms with Gasteiger partial charge in [0.2, 0.25) is 5.95 Å². The molecule has 4 rings (SSSR count). The molecule has 0 radical (unpaired) electrons. The Morgan fingerprint density at radius 2 is 2.13 bits per heavy atom. The van der Waals surface area contributed by atoms with Crippen molar-refractivity contribution in [3.63, 3.8) is 0 Å². The number of nitrogens with zero attached hydrogens (tertiary/aromatic N) is 7. The molecule has 0 bridgehead atoms. The van der Waals surface area contributed by atoms with Gasteiger partial charge in [0, 0.05) is 12.6 Å². The van der Waals surface area contributed by atoms with Crippen LogP contribution in [0, 0.1) is 6.92 Å². The molecule has 13 heteroatoms. The van der Waals surface area contributed by atoms with Crippen LogP contribution in [0.4, 0.5) is 22.2 Å². The van der Waals surface area contributed by atoms with Gasteiger partial charge >= 0.3 is 12.1 Å². The molecule has 30 heavy (non-hydrogen) atoms. The number of hydrogen-bond acceptors (Lipinski definition) is 12. The lowest BCUT2D eigenvalue weighted by atomic mass is 10.2. The van der Waals surface area contributed by atoms with Gasteiger partial charge in [-0.1, -0.05) is 0 Å². The van der Waals surface area contributed by atoms with Crippen molar-refractivity contribution in [1.82, 2.24) is 30.0 Å². The molecule has 158 valence electrons. The van der Waals surface area contributed by atoms with Crippen LogP contribution in [0.1, 0.15) is 12.6 Å². The van der Waals surface area contributed by atoms with E-state index < -0.39 is 6.09 Å². The van der Waals surface area contributed by atoms with E-state index in [0.29, 0.717) is 36.8 Å². The molecule has 4 heterocycles. The summed E-state index contributed by atoms with van der Waals surface area (Å²) in [5.41, 5.74) is 9.33. The lowest BCUT2D eigenvalue weighted by Gasteiger charge is -2.39. The number of aryl methyl sites for hydroxylation is 1. The lowest BCUT2D eigenvalue weighted by Crippen LogP contribution is -2.53. The average Bonchev–Trinajstić information content (AvgIpc) is 3.17. The normalized spacial score (nSPS) is 17.2. The number of methoxy groups -OCH3 is 1. The van der Waals surface area contributed by atoms with Crippen LogP contribution in [-0.4, -0.2) is 68.9 Å². The first-order valence-electron chi connectivity index (χ1n) is 9.19. The summed E-state index contributed by atoms with van der Waals surface area (Å²) in [6.45, 7) is 5.33. The van der Waals surface area contributed by atoms with Gasteiger partial charge in [-0.15, -0.1) is 16.4 Å². The number of nitrogens with two attached hydrogens (primary N) is 1. The summed E-state index contributed by atoms with van der Waals surface area (Å²) < 4.78 is 4.96. The van der Waals surface area contributed by atoms with Crippen molar-refractivity contribution < 1.29 is 14.4 Å². The second-order valence-corrected chi connectivity index (χ2v) is 7.53. The largest absolute Gasteiger partial charge is 0.467 e. The van der Waals surface area contributed by atoms with E-state index in [0.717, 1.165) is 10.3 Å². The number of ether oxygens (including phenoxy) is 1. The Hall–Kier alpha value is -3.32. The van der Waals surface area contributed by atoms with Gasteiger partial charge in [-0.2, -0.15) is 9.97 Å². The second-order valence-electron chi connectivity index (χ2n) is 6.70. The van der Waals surface area contributed by atoms with E-state index >= 15 is 0 Å². The summed E-state index contributed by atoms with van der Waals surface area (Å²) >= 11 is 1.42. The molecule has 0 saturated carbocycles. The van der Waals surface area contributed by atoms with Crippen molar-refractivity contribution in [2.24, 2.45) is 0 Å². The van der Waals surface area contributed by atoms with E-state index in [9.17, 15) is 4.79 Å². The van der Waals surface area contributed by atoms with Gasteiger partial charge in [-0.05, 0) is 13.8 Å². The number of hydroxylamine groups is 2. The van der Waals surface area contributed by atoms with Gasteiger partial charge < -0.3 is 20.2 Å². The maximum Gasteiger partial charge on any atom is 0.430 e. The number of piperazine rings is 1. The van der Waals surface area contributed by atoms with Crippen LogP contribution in [0.3, 0.4) is 0 Å². The summed E-state index contributed by atoms with van der Waals surface area (Å²) in [6, 6.07) is 0.243. The molecule has 3 aromatic rings. The number of anilines is 3. The molecule has 3 aromatic heterocycles. The minimum atomic E-state index is -0.610. The van der Waals surface area contributed by atoms with Crippen LogP contribution in [0.25, 0.3) is 10.3 Å². The van der Waals surface area contributed by atoms with Crippen LogP contribution < -0.4 is 20.7 Å². The van der Waals surface area contributed by atoms with Gasteiger partial charge in [0.1, 0.15) is 5.52 Å². The number of fused-ring (bicyclic) bond motifs is 1. The molecule has 0 spiro atoms. The molecule has 1 saturated heterocycles. The standard InChI is InChI=1S/C17H21N9O3S/c1-9-7-25(29-17(27)22-11-6-19-16(28-3)21-10(11)2)4-5-26(9)13-12-14(30-8-20-12)24-15(18)23-13/h6,8-9H,4-5,7H2,1-3H3,(H,22,27)(H2,18,23,24)/t9-/m0/s1. The van der Waals surface area contributed by atoms with Crippen LogP contribution in [0.15, 0.2) is 11.7 Å². The minimum absolute atomic E-state index is 0.0109. The first-order chi connectivity index (χ1) is 14.4. The monoisotopic (exact) mass is 431 g/mol. The molecule has 1 aliphatic heterocycles. The highest BCUT2D eigenvalue weighted by Crippen LogP contribution is 2.28. The number of rotatable bonds is 4. The Bertz CT molecular complexity index is 1080. The van der Waals surface area contributed by atoms with Crippen LogP contribution in [0.5, 0.6) is 6.01 Å². The third-order valence-corrected chi connectivity index (χ3v) is 5.37. The van der Waals surface area contributed by atoms with Crippen molar-refractivity contribution in [1.29, 1.82) is 0 Å². The Kier molecular flexibility index (Phi) is 5.46. The number of carbonyl (C=O) groups is 1. The highest BCUT2D eigenvalue weighted by atomic mass is 32.1. The summed E-state index contributed by atoms with van der Waals surface area (Å²) in [7, 11) is 1.48. The Balaban J connectivity index is 1.39. The van der Waals surface area contributed by atoms with Crippen molar-refractivity contribution in [3.8, 4) is 6.01 Å². The predicted octanol–water partition coefficient (Wildman–Crippen LogP) is 1.45. The summed E-state index contributed by atoms with van der Waals surface area (Å²) in [5, 5.41) is 4.26. The van der Waals surface area contributed by atoms with E-state index in [2.05, 4.69) is 35.1 Å². The molecular formula is C17H21N9O3S. The maximum absolute atomic E-state index is 12.3. The van der Waals surface area contributed by atoms with E-state index in [-0.39, 0.29) is 18.0 Å². The van der Waals surface area contributed by atoms with Gasteiger partial charge in [-0.25, -0.2) is 19.7 Å². The Morgan fingerprint density at radius 1 is 1.30 bits per heavy atom. The molecule has 3 N–H and O–H groups in total. The predicted molar refractivity (Wildman–Crippen MR) is 111 cm³/mol. The Labute approximate surface area is 176 Å². The molecule has 0 aromatic carbocycles. The molecule has 1 aliphatic rings. The number of amides is 1. The molecular weight excluding hydrogens is 410 g/mol. The zero-order valence-corrected chi connectivity index (χ0v) is 17.5. The van der Waals surface area contributed by atoms with Crippen molar-refractivity contribution in [2.75, 3.05) is 42.7 Å². The molecule has 1 fully saturated rings. The van der Waals surface area contributed by atoms with Crippen LogP contribution in [0.2, 0.25) is 0 Å². The number of nitrogens with one attached hydrogen (secondary N) is 1. The van der Waals surface area contributed by atoms with Crippen molar-refractivity contribution in [2.45, 2.75) is 19.9 Å². The topological polar surface area (TPSA) is 145 Å². The fourth-order valence-electron chi connectivity index (χ4n) is 3.20. The number of aromatic nitrogens is 5. The van der Waals surface area contributed by atoms with Crippen LogP contribution in [-0.2, 0) is 4.84 Å². The van der Waals surface area contributed by atoms with Crippen molar-refractivity contribution in [3.05, 3.63) is 17.4 Å². The molecule has 1 atom stereocenters. The van der Waals surface area contributed by atoms with E-state index in [1.165, 1.54) is 24.6 Å². The average molecular weight is 431 g/mol. The fraction of sp³-hybridized carbons (Fsp3) is 0.412. The van der Waals surface area contributed by atoms with E-state index in [1.807, 2.05) is 6.92 Å². The van der Waals surface area contributed by atoms with Gasteiger partial charge in [0.05, 0.1) is 43.3 Å². The highest BCUT2D eigenvalue weighted by molar-refractivity contribution is 7.16.